The van der Waals surface area contributed by atoms with Crippen LogP contribution < -0.4 is 5.32 Å². The van der Waals surface area contributed by atoms with E-state index in [9.17, 15) is 4.79 Å². The number of nitrogens with zero attached hydrogens (tertiary/aromatic N) is 4. The number of amides is 1. The molecule has 1 aromatic carbocycles. The van der Waals surface area contributed by atoms with Gasteiger partial charge in [0.1, 0.15) is 11.6 Å². The quantitative estimate of drug-likeness (QED) is 0.524. The molecule has 0 bridgehead atoms. The zero-order chi connectivity index (χ0) is 19.1. The average Bonchev–Trinajstić information content (AvgIpc) is 3.40. The molecule has 0 aliphatic heterocycles. The zero-order valence-electron chi connectivity index (χ0n) is 15.9. The van der Waals surface area contributed by atoms with Gasteiger partial charge in [-0.1, -0.05) is 18.2 Å². The van der Waals surface area contributed by atoms with Crippen LogP contribution in [0.25, 0.3) is 16.6 Å². The van der Waals surface area contributed by atoms with E-state index < -0.39 is 0 Å². The van der Waals surface area contributed by atoms with Gasteiger partial charge in [-0.05, 0) is 50.5 Å². The second-order valence-corrected chi connectivity index (χ2v) is 7.46. The molecule has 0 atom stereocenters. The summed E-state index contributed by atoms with van der Waals surface area (Å²) in [5.41, 5.74) is 3.58. The summed E-state index contributed by atoms with van der Waals surface area (Å²) in [6.45, 7) is 3.45. The van der Waals surface area contributed by atoms with Crippen molar-refractivity contribution in [3.8, 4) is 0 Å². The van der Waals surface area contributed by atoms with Gasteiger partial charge in [-0.25, -0.2) is 9.97 Å². The number of hydrogen-bond donors (Lipinski definition) is 1. The summed E-state index contributed by atoms with van der Waals surface area (Å²) in [7, 11) is 0. The lowest BCUT2D eigenvalue weighted by molar-refractivity contribution is 0.0950. The van der Waals surface area contributed by atoms with Crippen molar-refractivity contribution in [2.45, 2.75) is 38.6 Å². The van der Waals surface area contributed by atoms with Crippen molar-refractivity contribution in [1.29, 1.82) is 0 Å². The van der Waals surface area contributed by atoms with Gasteiger partial charge < -0.3 is 14.3 Å². The molecule has 3 aromatic heterocycles. The lowest BCUT2D eigenvalue weighted by Crippen LogP contribution is -2.26. The van der Waals surface area contributed by atoms with Crippen LogP contribution in [-0.2, 0) is 6.54 Å². The Kier molecular flexibility index (Phi) is 4.11. The van der Waals surface area contributed by atoms with Crippen LogP contribution in [0.2, 0.25) is 0 Å². The number of benzene rings is 1. The molecule has 1 saturated carbocycles. The summed E-state index contributed by atoms with van der Waals surface area (Å²) >= 11 is 0. The van der Waals surface area contributed by atoms with Gasteiger partial charge in [0.05, 0.1) is 16.6 Å². The average molecular weight is 373 g/mol. The highest BCUT2D eigenvalue weighted by Crippen LogP contribution is 2.39. The monoisotopic (exact) mass is 373 g/mol. The van der Waals surface area contributed by atoms with Crippen LogP contribution in [0, 0.1) is 6.92 Å². The summed E-state index contributed by atoms with van der Waals surface area (Å²) in [5, 5.41) is 3.05. The van der Waals surface area contributed by atoms with Crippen LogP contribution in [0.15, 0.2) is 48.7 Å². The number of pyridine rings is 1. The lowest BCUT2D eigenvalue weighted by Gasteiger charge is -2.08. The molecular formula is C22H23N5O. The van der Waals surface area contributed by atoms with E-state index >= 15 is 0 Å². The van der Waals surface area contributed by atoms with Gasteiger partial charge in [0.15, 0.2) is 5.69 Å². The highest BCUT2D eigenvalue weighted by Gasteiger charge is 2.30. The first-order valence-corrected chi connectivity index (χ1v) is 9.89. The smallest absolute Gasteiger partial charge is 0.272 e. The fraction of sp³-hybridized carbons (Fsp3) is 0.318. The maximum atomic E-state index is 12.7. The summed E-state index contributed by atoms with van der Waals surface area (Å²) in [5.74, 6) is 2.42. The SMILES string of the molecule is Cc1nc2ccccc2n1CCCNC(=O)c1nc(C2CC2)n2ccccc12. The van der Waals surface area contributed by atoms with Gasteiger partial charge in [0, 0.05) is 25.2 Å². The summed E-state index contributed by atoms with van der Waals surface area (Å²) < 4.78 is 4.27. The summed E-state index contributed by atoms with van der Waals surface area (Å²) in [6, 6.07) is 14.1. The maximum Gasteiger partial charge on any atom is 0.272 e. The third-order valence-electron chi connectivity index (χ3n) is 5.42. The number of rotatable bonds is 6. The van der Waals surface area contributed by atoms with E-state index in [0.29, 0.717) is 18.2 Å². The highest BCUT2D eigenvalue weighted by molar-refractivity contribution is 5.99. The number of nitrogens with one attached hydrogen (secondary N) is 1. The molecular weight excluding hydrogens is 350 g/mol. The van der Waals surface area contributed by atoms with Crippen molar-refractivity contribution in [1.82, 2.24) is 24.3 Å². The van der Waals surface area contributed by atoms with E-state index in [-0.39, 0.29) is 5.91 Å². The van der Waals surface area contributed by atoms with Gasteiger partial charge in [0.25, 0.3) is 5.91 Å². The molecule has 1 fully saturated rings. The van der Waals surface area contributed by atoms with Crippen LogP contribution >= 0.6 is 0 Å². The van der Waals surface area contributed by atoms with Crippen molar-refractivity contribution < 1.29 is 4.79 Å². The van der Waals surface area contributed by atoms with E-state index in [1.807, 2.05) is 49.5 Å². The van der Waals surface area contributed by atoms with Crippen molar-refractivity contribution in [2.75, 3.05) is 6.54 Å². The number of aromatic nitrogens is 4. The highest BCUT2D eigenvalue weighted by atomic mass is 16.1. The number of carbonyl (C=O) groups excluding carboxylic acids is 1. The third-order valence-corrected chi connectivity index (χ3v) is 5.42. The molecule has 4 aromatic rings. The van der Waals surface area contributed by atoms with E-state index in [4.69, 9.17) is 0 Å². The van der Waals surface area contributed by atoms with Crippen molar-refractivity contribution in [3.63, 3.8) is 0 Å². The van der Waals surface area contributed by atoms with Gasteiger partial charge in [-0.2, -0.15) is 0 Å². The largest absolute Gasteiger partial charge is 0.351 e. The predicted octanol–water partition coefficient (Wildman–Crippen LogP) is 3.69. The zero-order valence-corrected chi connectivity index (χ0v) is 15.9. The van der Waals surface area contributed by atoms with E-state index in [1.54, 1.807) is 0 Å². The standard InChI is InChI=1S/C22H23N5O/c1-15-24-17-7-2-3-8-18(17)26(15)14-6-12-23-22(28)20-19-9-4-5-13-27(19)21(25-20)16-10-11-16/h2-5,7-9,13,16H,6,10-12,14H2,1H3,(H,23,28). The fourth-order valence-corrected chi connectivity index (χ4v) is 3.86. The Morgan fingerprint density at radius 3 is 2.75 bits per heavy atom. The first kappa shape index (κ1) is 17.0. The number of aryl methyl sites for hydroxylation is 2. The number of fused-ring (bicyclic) bond motifs is 2. The molecule has 6 heteroatoms. The maximum absolute atomic E-state index is 12.7. The number of imidazole rings is 2. The van der Waals surface area contributed by atoms with Crippen molar-refractivity contribution in [3.05, 3.63) is 66.0 Å². The third kappa shape index (κ3) is 2.95. The molecule has 142 valence electrons. The van der Waals surface area contributed by atoms with Gasteiger partial charge >= 0.3 is 0 Å². The lowest BCUT2D eigenvalue weighted by atomic mass is 10.3. The van der Waals surface area contributed by atoms with Crippen LogP contribution in [0.5, 0.6) is 0 Å². The Morgan fingerprint density at radius 2 is 1.89 bits per heavy atom. The number of para-hydroxylation sites is 2. The summed E-state index contributed by atoms with van der Waals surface area (Å²) in [4.78, 5) is 22.0. The minimum Gasteiger partial charge on any atom is -0.351 e. The molecule has 5 rings (SSSR count). The van der Waals surface area contributed by atoms with Crippen molar-refractivity contribution >= 4 is 22.5 Å². The second-order valence-electron chi connectivity index (χ2n) is 7.46. The molecule has 6 nitrogen and oxygen atoms in total. The molecule has 1 aliphatic carbocycles. The van der Waals surface area contributed by atoms with Crippen LogP contribution in [0.1, 0.15) is 47.3 Å². The number of carbonyl (C=O) groups is 1. The van der Waals surface area contributed by atoms with Gasteiger partial charge in [-0.15, -0.1) is 0 Å². The second kappa shape index (κ2) is 6.78. The minimum atomic E-state index is -0.0946. The number of hydrogen-bond acceptors (Lipinski definition) is 3. The van der Waals surface area contributed by atoms with Gasteiger partial charge in [-0.3, -0.25) is 4.79 Å². The Bertz CT molecular complexity index is 1170. The van der Waals surface area contributed by atoms with Gasteiger partial charge in [0.2, 0.25) is 0 Å². The molecule has 1 amide bonds. The van der Waals surface area contributed by atoms with E-state index in [1.165, 1.54) is 0 Å². The molecule has 28 heavy (non-hydrogen) atoms. The Hall–Kier alpha value is -3.15. The molecule has 1 N–H and O–H groups in total. The molecule has 0 spiro atoms. The Morgan fingerprint density at radius 1 is 1.11 bits per heavy atom. The topological polar surface area (TPSA) is 64.2 Å². The van der Waals surface area contributed by atoms with Crippen LogP contribution in [0.3, 0.4) is 0 Å². The molecule has 3 heterocycles. The first-order valence-electron chi connectivity index (χ1n) is 9.89. The Balaban J connectivity index is 1.27. The summed E-state index contributed by atoms with van der Waals surface area (Å²) in [6.07, 6.45) is 5.16. The molecule has 1 aliphatic rings. The predicted molar refractivity (Wildman–Crippen MR) is 109 cm³/mol. The first-order chi connectivity index (χ1) is 13.7. The molecule has 0 saturated heterocycles. The van der Waals surface area contributed by atoms with Crippen LogP contribution in [0.4, 0.5) is 0 Å². The van der Waals surface area contributed by atoms with Crippen LogP contribution in [-0.4, -0.2) is 31.4 Å². The normalized spacial score (nSPS) is 14.0. The molecule has 0 radical (unpaired) electrons. The molecule has 0 unspecified atom stereocenters. The minimum absolute atomic E-state index is 0.0946. The van der Waals surface area contributed by atoms with E-state index in [0.717, 1.165) is 54.0 Å². The Labute approximate surface area is 163 Å². The van der Waals surface area contributed by atoms with Crippen molar-refractivity contribution in [2.24, 2.45) is 0 Å². The fourth-order valence-electron chi connectivity index (χ4n) is 3.86. The van der Waals surface area contributed by atoms with E-state index in [2.05, 4.69) is 30.3 Å².